The molecule has 1 aromatic carbocycles. The first-order valence-electron chi connectivity index (χ1n) is 6.73. The Kier molecular flexibility index (Phi) is 3.78. The number of hydrogen-bond acceptors (Lipinski definition) is 4. The number of hydrogen-bond donors (Lipinski definition) is 2. The maximum Gasteiger partial charge on any atom is 0.107 e. The van der Waals surface area contributed by atoms with Crippen molar-refractivity contribution in [2.75, 3.05) is 6.61 Å². The number of benzene rings is 1. The van der Waals surface area contributed by atoms with Gasteiger partial charge < -0.3 is 14.9 Å². The van der Waals surface area contributed by atoms with Gasteiger partial charge in [0.15, 0.2) is 0 Å². The number of nitrogens with zero attached hydrogens (tertiary/aromatic N) is 1. The van der Waals surface area contributed by atoms with Crippen LogP contribution in [0.15, 0.2) is 48.7 Å². The summed E-state index contributed by atoms with van der Waals surface area (Å²) in [5, 5.41) is 18.8. The van der Waals surface area contributed by atoms with Crippen LogP contribution in [-0.4, -0.2) is 34.0 Å². The fourth-order valence-corrected chi connectivity index (χ4v) is 2.48. The van der Waals surface area contributed by atoms with E-state index >= 15 is 0 Å². The van der Waals surface area contributed by atoms with Crippen LogP contribution in [0.4, 0.5) is 0 Å². The van der Waals surface area contributed by atoms with Crippen LogP contribution in [0, 0.1) is 0 Å². The van der Waals surface area contributed by atoms with Gasteiger partial charge in [0.25, 0.3) is 0 Å². The van der Waals surface area contributed by atoms with Gasteiger partial charge in [-0.15, -0.1) is 0 Å². The van der Waals surface area contributed by atoms with E-state index in [9.17, 15) is 5.11 Å². The normalized spacial score (nSPS) is 25.8. The van der Waals surface area contributed by atoms with Crippen molar-refractivity contribution < 1.29 is 14.9 Å². The van der Waals surface area contributed by atoms with Crippen molar-refractivity contribution in [2.45, 2.75) is 24.7 Å². The standard InChI is InChI=1S/C16H17NO3/c18-10-16-14(19)8-15(20-16)12-6-7-13(17-9-12)11-4-2-1-3-5-11/h1-7,9,14-16,18-19H,8,10H2/t14-,15+,16+/m0/s1. The molecule has 0 saturated carbocycles. The van der Waals surface area contributed by atoms with Gasteiger partial charge in [-0.05, 0) is 11.6 Å². The predicted molar refractivity (Wildman–Crippen MR) is 75.0 cm³/mol. The van der Waals surface area contributed by atoms with Gasteiger partial charge in [0.2, 0.25) is 0 Å². The SMILES string of the molecule is OC[C@H]1O[C@@H](c2ccc(-c3ccccc3)nc2)C[C@@H]1O. The molecule has 0 amide bonds. The zero-order valence-electron chi connectivity index (χ0n) is 11.0. The number of ether oxygens (including phenoxy) is 1. The molecule has 1 aliphatic rings. The van der Waals surface area contributed by atoms with Crippen molar-refractivity contribution in [3.8, 4) is 11.3 Å². The summed E-state index contributed by atoms with van der Waals surface area (Å²) in [5.74, 6) is 0. The molecule has 2 heterocycles. The Labute approximate surface area is 117 Å². The van der Waals surface area contributed by atoms with Crippen LogP contribution in [0.1, 0.15) is 18.1 Å². The van der Waals surface area contributed by atoms with Crippen LogP contribution in [0.25, 0.3) is 11.3 Å². The zero-order valence-corrected chi connectivity index (χ0v) is 11.0. The maximum atomic E-state index is 9.75. The summed E-state index contributed by atoms with van der Waals surface area (Å²) in [6.07, 6.45) is 0.976. The Morgan fingerprint density at radius 3 is 2.55 bits per heavy atom. The molecule has 104 valence electrons. The highest BCUT2D eigenvalue weighted by atomic mass is 16.5. The molecule has 4 nitrogen and oxygen atoms in total. The van der Waals surface area contributed by atoms with Gasteiger partial charge in [-0.2, -0.15) is 0 Å². The number of aliphatic hydroxyl groups excluding tert-OH is 2. The summed E-state index contributed by atoms with van der Waals surface area (Å²) in [4.78, 5) is 4.45. The predicted octanol–water partition coefficient (Wildman–Crippen LogP) is 1.93. The molecule has 3 rings (SSSR count). The van der Waals surface area contributed by atoms with E-state index in [1.54, 1.807) is 6.20 Å². The summed E-state index contributed by atoms with van der Waals surface area (Å²) in [6, 6.07) is 13.9. The third-order valence-corrected chi connectivity index (χ3v) is 3.63. The number of aliphatic hydroxyl groups is 2. The van der Waals surface area contributed by atoms with Crippen LogP contribution >= 0.6 is 0 Å². The molecular weight excluding hydrogens is 254 g/mol. The minimum absolute atomic E-state index is 0.160. The molecule has 2 N–H and O–H groups in total. The van der Waals surface area contributed by atoms with E-state index in [1.165, 1.54) is 0 Å². The van der Waals surface area contributed by atoms with Crippen LogP contribution in [0.3, 0.4) is 0 Å². The molecule has 0 bridgehead atoms. The monoisotopic (exact) mass is 271 g/mol. The third-order valence-electron chi connectivity index (χ3n) is 3.63. The van der Waals surface area contributed by atoms with E-state index in [4.69, 9.17) is 9.84 Å². The third kappa shape index (κ3) is 2.58. The number of rotatable bonds is 3. The fourth-order valence-electron chi connectivity index (χ4n) is 2.48. The van der Waals surface area contributed by atoms with E-state index in [0.29, 0.717) is 6.42 Å². The summed E-state index contributed by atoms with van der Waals surface area (Å²) >= 11 is 0. The average molecular weight is 271 g/mol. The van der Waals surface area contributed by atoms with E-state index in [-0.39, 0.29) is 12.7 Å². The summed E-state index contributed by atoms with van der Waals surface area (Å²) in [7, 11) is 0. The van der Waals surface area contributed by atoms with Gasteiger partial charge in [0.05, 0.1) is 24.5 Å². The second-order valence-electron chi connectivity index (χ2n) is 4.99. The van der Waals surface area contributed by atoms with Crippen LogP contribution in [-0.2, 0) is 4.74 Å². The molecule has 1 saturated heterocycles. The smallest absolute Gasteiger partial charge is 0.107 e. The lowest BCUT2D eigenvalue weighted by atomic mass is 10.0. The lowest BCUT2D eigenvalue weighted by Crippen LogP contribution is -2.24. The number of aromatic nitrogens is 1. The molecule has 3 atom stereocenters. The van der Waals surface area contributed by atoms with E-state index in [2.05, 4.69) is 4.98 Å². The Morgan fingerprint density at radius 1 is 1.15 bits per heavy atom. The molecule has 0 unspecified atom stereocenters. The first kappa shape index (κ1) is 13.2. The van der Waals surface area contributed by atoms with Crippen molar-refractivity contribution in [1.82, 2.24) is 4.98 Å². The lowest BCUT2D eigenvalue weighted by molar-refractivity contribution is -0.0226. The lowest BCUT2D eigenvalue weighted by Gasteiger charge is -2.12. The average Bonchev–Trinajstić information content (AvgIpc) is 2.89. The zero-order chi connectivity index (χ0) is 13.9. The minimum atomic E-state index is -0.612. The van der Waals surface area contributed by atoms with Crippen molar-refractivity contribution in [1.29, 1.82) is 0 Å². The maximum absolute atomic E-state index is 9.75. The summed E-state index contributed by atoms with van der Waals surface area (Å²) in [6.45, 7) is -0.160. The van der Waals surface area contributed by atoms with Crippen molar-refractivity contribution in [2.24, 2.45) is 0 Å². The highest BCUT2D eigenvalue weighted by molar-refractivity contribution is 5.58. The van der Waals surface area contributed by atoms with Crippen molar-refractivity contribution in [3.63, 3.8) is 0 Å². The van der Waals surface area contributed by atoms with Gasteiger partial charge in [-0.1, -0.05) is 36.4 Å². The van der Waals surface area contributed by atoms with Gasteiger partial charge in [0.1, 0.15) is 6.10 Å². The Morgan fingerprint density at radius 2 is 1.95 bits per heavy atom. The Balaban J connectivity index is 1.77. The Hall–Kier alpha value is -1.75. The fraction of sp³-hybridized carbons (Fsp3) is 0.312. The molecule has 1 fully saturated rings. The number of pyridine rings is 1. The molecule has 0 aliphatic carbocycles. The molecule has 0 radical (unpaired) electrons. The summed E-state index contributed by atoms with van der Waals surface area (Å²) in [5.41, 5.74) is 2.91. The molecule has 1 aliphatic heterocycles. The molecular formula is C16H17NO3. The van der Waals surface area contributed by atoms with Crippen molar-refractivity contribution in [3.05, 3.63) is 54.2 Å². The van der Waals surface area contributed by atoms with Crippen LogP contribution < -0.4 is 0 Å². The largest absolute Gasteiger partial charge is 0.394 e. The molecule has 20 heavy (non-hydrogen) atoms. The van der Waals surface area contributed by atoms with Crippen LogP contribution in [0.5, 0.6) is 0 Å². The van der Waals surface area contributed by atoms with E-state index in [1.807, 2.05) is 42.5 Å². The topological polar surface area (TPSA) is 62.6 Å². The van der Waals surface area contributed by atoms with Gasteiger partial charge in [-0.3, -0.25) is 4.98 Å². The molecule has 4 heteroatoms. The second-order valence-corrected chi connectivity index (χ2v) is 4.99. The first-order chi connectivity index (χ1) is 9.78. The van der Waals surface area contributed by atoms with Gasteiger partial charge in [-0.25, -0.2) is 0 Å². The van der Waals surface area contributed by atoms with Crippen molar-refractivity contribution >= 4 is 0 Å². The highest BCUT2D eigenvalue weighted by Gasteiger charge is 2.34. The molecule has 0 spiro atoms. The Bertz CT molecular complexity index is 556. The van der Waals surface area contributed by atoms with Gasteiger partial charge >= 0.3 is 0 Å². The quantitative estimate of drug-likeness (QED) is 0.895. The molecule has 2 aromatic rings. The van der Waals surface area contributed by atoms with E-state index < -0.39 is 12.2 Å². The highest BCUT2D eigenvalue weighted by Crippen LogP contribution is 2.33. The molecule has 1 aromatic heterocycles. The summed E-state index contributed by atoms with van der Waals surface area (Å²) < 4.78 is 5.61. The van der Waals surface area contributed by atoms with Crippen LogP contribution in [0.2, 0.25) is 0 Å². The first-order valence-corrected chi connectivity index (χ1v) is 6.73. The van der Waals surface area contributed by atoms with Gasteiger partial charge in [0, 0.05) is 18.2 Å². The second kappa shape index (κ2) is 5.71. The minimum Gasteiger partial charge on any atom is -0.394 e. The van der Waals surface area contributed by atoms with E-state index in [0.717, 1.165) is 16.8 Å².